The van der Waals surface area contributed by atoms with Crippen molar-refractivity contribution in [3.05, 3.63) is 27.7 Å². The third-order valence-electron chi connectivity index (χ3n) is 4.48. The van der Waals surface area contributed by atoms with E-state index in [1.54, 1.807) is 6.07 Å². The first kappa shape index (κ1) is 19.2. The van der Waals surface area contributed by atoms with E-state index in [2.05, 4.69) is 20.9 Å². The maximum absolute atomic E-state index is 12.3. The van der Waals surface area contributed by atoms with Crippen LogP contribution in [0.5, 0.6) is 0 Å². The summed E-state index contributed by atoms with van der Waals surface area (Å²) in [6.07, 6.45) is 0.709. The molecule has 2 aliphatic heterocycles. The number of carbonyl (C=O) groups excluding carboxylic acids is 1. The molecular formula is C16H18BrClN2O3S2. The maximum Gasteiger partial charge on any atom is 0.250 e. The SMILES string of the molecule is CC[C@@H](C)C(=O)N=C1S[C@H]2CS(=O)(=O)C[C@@H]2N1c1ccc(Br)cc1Cl. The van der Waals surface area contributed by atoms with Crippen LogP contribution in [0, 0.1) is 5.92 Å². The zero-order valence-electron chi connectivity index (χ0n) is 13.8. The minimum absolute atomic E-state index is 0.0492. The van der Waals surface area contributed by atoms with E-state index in [1.807, 2.05) is 30.9 Å². The summed E-state index contributed by atoms with van der Waals surface area (Å²) in [6, 6.07) is 5.17. The standard InChI is InChI=1S/C16H18BrClN2O3S2/c1-3-9(2)15(21)19-16-20(12-5-4-10(17)6-11(12)18)13-7-25(22,23)8-14(13)24-16/h4-6,9,13-14H,3,7-8H2,1-2H3/t9-,13+,14+/m1/s1. The largest absolute Gasteiger partial charge is 0.314 e. The zero-order chi connectivity index (χ0) is 18.4. The second kappa shape index (κ2) is 7.21. The van der Waals surface area contributed by atoms with E-state index >= 15 is 0 Å². The average Bonchev–Trinajstić information content (AvgIpc) is 2.98. The summed E-state index contributed by atoms with van der Waals surface area (Å²) >= 11 is 11.1. The van der Waals surface area contributed by atoms with E-state index < -0.39 is 9.84 Å². The molecule has 0 bridgehead atoms. The highest BCUT2D eigenvalue weighted by Gasteiger charge is 2.49. The zero-order valence-corrected chi connectivity index (χ0v) is 17.8. The first-order chi connectivity index (χ1) is 11.7. The molecule has 0 aliphatic carbocycles. The fraction of sp³-hybridized carbons (Fsp3) is 0.500. The van der Waals surface area contributed by atoms with E-state index in [-0.39, 0.29) is 34.6 Å². The van der Waals surface area contributed by atoms with Gasteiger partial charge >= 0.3 is 0 Å². The highest BCUT2D eigenvalue weighted by Crippen LogP contribution is 2.43. The molecule has 1 amide bonds. The van der Waals surface area contributed by atoms with Crippen molar-refractivity contribution in [2.24, 2.45) is 10.9 Å². The van der Waals surface area contributed by atoms with Crippen molar-refractivity contribution in [2.45, 2.75) is 31.6 Å². The van der Waals surface area contributed by atoms with Crippen molar-refractivity contribution < 1.29 is 13.2 Å². The number of rotatable bonds is 3. The molecule has 3 atom stereocenters. The van der Waals surface area contributed by atoms with Gasteiger partial charge in [0, 0.05) is 15.6 Å². The lowest BCUT2D eigenvalue weighted by Crippen LogP contribution is -2.38. The number of sulfone groups is 1. The van der Waals surface area contributed by atoms with E-state index in [1.165, 1.54) is 11.8 Å². The van der Waals surface area contributed by atoms with Gasteiger partial charge in [0.05, 0.1) is 28.3 Å². The number of hydrogen-bond donors (Lipinski definition) is 0. The minimum atomic E-state index is -3.10. The molecule has 0 saturated carbocycles. The van der Waals surface area contributed by atoms with Gasteiger partial charge in [-0.1, -0.05) is 53.1 Å². The van der Waals surface area contributed by atoms with Crippen molar-refractivity contribution in [1.82, 2.24) is 0 Å². The van der Waals surface area contributed by atoms with Crippen molar-refractivity contribution in [2.75, 3.05) is 16.4 Å². The topological polar surface area (TPSA) is 66.8 Å². The van der Waals surface area contributed by atoms with E-state index in [4.69, 9.17) is 11.6 Å². The molecule has 0 N–H and O–H groups in total. The molecule has 9 heteroatoms. The van der Waals surface area contributed by atoms with Gasteiger partial charge in [-0.15, -0.1) is 0 Å². The van der Waals surface area contributed by atoms with Gasteiger partial charge in [0.2, 0.25) is 0 Å². The van der Waals surface area contributed by atoms with Crippen LogP contribution in [0.2, 0.25) is 5.02 Å². The Hall–Kier alpha value is -0.570. The minimum Gasteiger partial charge on any atom is -0.314 e. The van der Waals surface area contributed by atoms with Crippen molar-refractivity contribution in [3.8, 4) is 0 Å². The number of amidine groups is 1. The first-order valence-electron chi connectivity index (χ1n) is 7.95. The molecule has 5 nitrogen and oxygen atoms in total. The van der Waals surface area contributed by atoms with E-state index in [0.717, 1.165) is 4.47 Å². The normalized spacial score (nSPS) is 27.5. The van der Waals surface area contributed by atoms with Gasteiger partial charge in [-0.05, 0) is 24.6 Å². The highest BCUT2D eigenvalue weighted by molar-refractivity contribution is 9.10. The Bertz CT molecular complexity index is 844. The molecule has 2 heterocycles. The number of anilines is 1. The summed E-state index contributed by atoms with van der Waals surface area (Å²) < 4.78 is 24.9. The smallest absolute Gasteiger partial charge is 0.250 e. The predicted molar refractivity (Wildman–Crippen MR) is 107 cm³/mol. The lowest BCUT2D eigenvalue weighted by atomic mass is 10.1. The number of nitrogens with zero attached hydrogens (tertiary/aromatic N) is 2. The van der Waals surface area contributed by atoms with Gasteiger partial charge in [-0.2, -0.15) is 4.99 Å². The molecule has 0 spiro atoms. The van der Waals surface area contributed by atoms with Crippen LogP contribution in [-0.4, -0.2) is 42.3 Å². The summed E-state index contributed by atoms with van der Waals surface area (Å²) in [5.74, 6) is -0.206. The van der Waals surface area contributed by atoms with Crippen LogP contribution in [0.4, 0.5) is 5.69 Å². The summed E-state index contributed by atoms with van der Waals surface area (Å²) in [7, 11) is -3.10. The predicted octanol–water partition coefficient (Wildman–Crippen LogP) is 3.75. The van der Waals surface area contributed by atoms with Crippen LogP contribution in [0.25, 0.3) is 0 Å². The van der Waals surface area contributed by atoms with Gasteiger partial charge < -0.3 is 4.90 Å². The third-order valence-corrected chi connectivity index (χ3v) is 8.48. The fourth-order valence-electron chi connectivity index (χ4n) is 2.90. The summed E-state index contributed by atoms with van der Waals surface area (Å²) in [6.45, 7) is 3.78. The number of carbonyl (C=O) groups is 1. The maximum atomic E-state index is 12.3. The Morgan fingerprint density at radius 1 is 1.48 bits per heavy atom. The van der Waals surface area contributed by atoms with E-state index in [9.17, 15) is 13.2 Å². The quantitative estimate of drug-likeness (QED) is 0.680. The lowest BCUT2D eigenvalue weighted by Gasteiger charge is -2.25. The molecule has 0 unspecified atom stereocenters. The van der Waals surface area contributed by atoms with Gasteiger partial charge in [0.25, 0.3) is 5.91 Å². The second-order valence-electron chi connectivity index (χ2n) is 6.31. The lowest BCUT2D eigenvalue weighted by molar-refractivity contribution is -0.121. The number of aliphatic imine (C=N–C) groups is 1. The summed E-state index contributed by atoms with van der Waals surface area (Å²) in [5.41, 5.74) is 0.678. The molecule has 2 aliphatic rings. The van der Waals surface area contributed by atoms with Gasteiger partial charge in [0.1, 0.15) is 0 Å². The Labute approximate surface area is 165 Å². The van der Waals surface area contributed by atoms with Crippen LogP contribution < -0.4 is 4.90 Å². The molecule has 0 aromatic heterocycles. The number of thioether (sulfide) groups is 1. The molecule has 0 radical (unpaired) electrons. The first-order valence-corrected chi connectivity index (χ1v) is 11.8. The molecule has 1 aromatic carbocycles. The number of fused-ring (bicyclic) bond motifs is 1. The number of hydrogen-bond acceptors (Lipinski definition) is 4. The Balaban J connectivity index is 2.04. The van der Waals surface area contributed by atoms with Gasteiger partial charge in [-0.3, -0.25) is 4.79 Å². The number of halogens is 2. The van der Waals surface area contributed by atoms with E-state index in [0.29, 0.717) is 22.3 Å². The van der Waals surface area contributed by atoms with Gasteiger partial charge in [0.15, 0.2) is 15.0 Å². The molecule has 2 fully saturated rings. The van der Waals surface area contributed by atoms with Crippen LogP contribution in [0.1, 0.15) is 20.3 Å². The van der Waals surface area contributed by atoms with Crippen LogP contribution in [0.15, 0.2) is 27.7 Å². The van der Waals surface area contributed by atoms with Crippen LogP contribution in [0.3, 0.4) is 0 Å². The van der Waals surface area contributed by atoms with Crippen molar-refractivity contribution >= 4 is 65.9 Å². The van der Waals surface area contributed by atoms with Crippen LogP contribution in [-0.2, 0) is 14.6 Å². The Morgan fingerprint density at radius 3 is 2.84 bits per heavy atom. The molecule has 1 aromatic rings. The van der Waals surface area contributed by atoms with Gasteiger partial charge in [-0.25, -0.2) is 8.42 Å². The number of benzene rings is 1. The number of amides is 1. The molecule has 25 heavy (non-hydrogen) atoms. The summed E-state index contributed by atoms with van der Waals surface area (Å²) in [4.78, 5) is 18.4. The Kier molecular flexibility index (Phi) is 5.54. The Morgan fingerprint density at radius 2 is 2.20 bits per heavy atom. The monoisotopic (exact) mass is 464 g/mol. The average molecular weight is 466 g/mol. The molecule has 3 rings (SSSR count). The second-order valence-corrected chi connectivity index (χ2v) is 11.0. The fourth-order valence-corrected chi connectivity index (χ4v) is 7.58. The van der Waals surface area contributed by atoms with Crippen LogP contribution >= 0.6 is 39.3 Å². The molecule has 136 valence electrons. The molecular weight excluding hydrogens is 448 g/mol. The van der Waals surface area contributed by atoms with Crippen molar-refractivity contribution in [1.29, 1.82) is 0 Å². The molecule has 2 saturated heterocycles. The third kappa shape index (κ3) is 3.91. The van der Waals surface area contributed by atoms with Crippen molar-refractivity contribution in [3.63, 3.8) is 0 Å². The summed E-state index contributed by atoms with van der Waals surface area (Å²) in [5, 5.41) is 0.899. The highest BCUT2D eigenvalue weighted by atomic mass is 79.9.